The van der Waals surface area contributed by atoms with Crippen LogP contribution < -0.4 is 5.32 Å². The highest BCUT2D eigenvalue weighted by Crippen LogP contribution is 2.06. The van der Waals surface area contributed by atoms with Gasteiger partial charge in [0.25, 0.3) is 5.91 Å². The molecule has 0 saturated carbocycles. The zero-order valence-corrected chi connectivity index (χ0v) is 13.1. The van der Waals surface area contributed by atoms with E-state index >= 15 is 0 Å². The summed E-state index contributed by atoms with van der Waals surface area (Å²) in [5.41, 5.74) is 1.36. The molecule has 24 heavy (non-hydrogen) atoms. The summed E-state index contributed by atoms with van der Waals surface area (Å²) < 4.78 is 17.6. The lowest BCUT2D eigenvalue weighted by Gasteiger charge is -2.06. The van der Waals surface area contributed by atoms with E-state index < -0.39 is 18.5 Å². The van der Waals surface area contributed by atoms with E-state index in [0.717, 1.165) is 5.56 Å². The van der Waals surface area contributed by atoms with Crippen molar-refractivity contribution in [2.24, 2.45) is 0 Å². The first-order chi connectivity index (χ1) is 11.5. The van der Waals surface area contributed by atoms with Crippen LogP contribution in [0.15, 0.2) is 36.5 Å². The second-order valence-electron chi connectivity index (χ2n) is 5.16. The van der Waals surface area contributed by atoms with Crippen molar-refractivity contribution in [1.29, 1.82) is 0 Å². The quantitative estimate of drug-likeness (QED) is 0.598. The topological polar surface area (TPSA) is 88.3 Å². The highest BCUT2D eigenvalue weighted by molar-refractivity contribution is 5.97. The Morgan fingerprint density at radius 3 is 2.54 bits per heavy atom. The highest BCUT2D eigenvalue weighted by atomic mass is 19.1. The van der Waals surface area contributed by atoms with Crippen LogP contribution in [0.4, 0.5) is 4.39 Å². The maximum Gasteiger partial charge on any atom is 0.355 e. The third-order valence-electron chi connectivity index (χ3n) is 3.29. The van der Waals surface area contributed by atoms with Gasteiger partial charge in [0.05, 0.1) is 0 Å². The van der Waals surface area contributed by atoms with Gasteiger partial charge in [0, 0.05) is 18.3 Å². The molecule has 1 aromatic carbocycles. The Morgan fingerprint density at radius 2 is 1.92 bits per heavy atom. The molecule has 0 bridgehead atoms. The highest BCUT2D eigenvalue weighted by Gasteiger charge is 2.13. The monoisotopic (exact) mass is 332 g/mol. The predicted molar refractivity (Wildman–Crippen MR) is 84.2 cm³/mol. The number of hydrogen-bond donors (Lipinski definition) is 2. The lowest BCUT2D eigenvalue weighted by molar-refractivity contribution is -0.124. The average Bonchev–Trinajstić information content (AvgIpc) is 3.05. The van der Waals surface area contributed by atoms with Gasteiger partial charge in [0.2, 0.25) is 0 Å². The third-order valence-corrected chi connectivity index (χ3v) is 3.29. The van der Waals surface area contributed by atoms with E-state index in [1.807, 2.05) is 0 Å². The number of benzene rings is 1. The van der Waals surface area contributed by atoms with Crippen molar-refractivity contribution in [2.45, 2.75) is 13.3 Å². The summed E-state index contributed by atoms with van der Waals surface area (Å²) in [7, 11) is 0. The van der Waals surface area contributed by atoms with E-state index in [1.165, 1.54) is 31.3 Å². The molecule has 0 fully saturated rings. The number of aromatic amines is 1. The molecule has 0 unspecified atom stereocenters. The van der Waals surface area contributed by atoms with Gasteiger partial charge in [-0.1, -0.05) is 12.1 Å². The van der Waals surface area contributed by atoms with E-state index in [4.69, 9.17) is 4.74 Å². The van der Waals surface area contributed by atoms with E-state index in [0.29, 0.717) is 18.5 Å². The van der Waals surface area contributed by atoms with Crippen molar-refractivity contribution >= 4 is 17.7 Å². The summed E-state index contributed by atoms with van der Waals surface area (Å²) in [5, 5.41) is 2.60. The van der Waals surface area contributed by atoms with Gasteiger partial charge in [-0.2, -0.15) is 0 Å². The number of ether oxygens (including phenoxy) is 1. The zero-order chi connectivity index (χ0) is 17.5. The number of hydrogen-bond acceptors (Lipinski definition) is 4. The Morgan fingerprint density at radius 1 is 1.21 bits per heavy atom. The number of nitrogens with one attached hydrogen (secondary N) is 2. The van der Waals surface area contributed by atoms with Gasteiger partial charge in [-0.25, -0.2) is 9.18 Å². The maximum absolute atomic E-state index is 12.8. The molecule has 1 amide bonds. The van der Waals surface area contributed by atoms with Crippen molar-refractivity contribution in [3.05, 3.63) is 59.2 Å². The first-order valence-electron chi connectivity index (χ1n) is 7.33. The number of H-pyrrole nitrogens is 1. The Labute approximate surface area is 138 Å². The predicted octanol–water partition coefficient (Wildman–Crippen LogP) is 1.87. The minimum absolute atomic E-state index is 0.110. The Kier molecular flexibility index (Phi) is 5.83. The molecule has 0 atom stereocenters. The zero-order valence-electron chi connectivity index (χ0n) is 13.1. The van der Waals surface area contributed by atoms with Crippen LogP contribution >= 0.6 is 0 Å². The SMILES string of the molecule is CC(=O)c1c[nH]c(C(=O)OCC(=O)NCCc2ccc(F)cc2)c1. The van der Waals surface area contributed by atoms with Gasteiger partial charge in [0.15, 0.2) is 12.4 Å². The second-order valence-corrected chi connectivity index (χ2v) is 5.16. The van der Waals surface area contributed by atoms with E-state index in [1.54, 1.807) is 12.1 Å². The van der Waals surface area contributed by atoms with Crippen LogP contribution in [0.1, 0.15) is 33.3 Å². The first kappa shape index (κ1) is 17.4. The number of aromatic nitrogens is 1. The number of halogens is 1. The summed E-state index contributed by atoms with van der Waals surface area (Å²) in [6.07, 6.45) is 1.94. The van der Waals surface area contributed by atoms with Crippen LogP contribution in [-0.2, 0) is 16.0 Å². The van der Waals surface area contributed by atoms with Crippen LogP contribution in [0.2, 0.25) is 0 Å². The number of ketones is 1. The summed E-state index contributed by atoms with van der Waals surface area (Å²) in [6.45, 7) is 1.31. The molecule has 0 saturated heterocycles. The second kappa shape index (κ2) is 8.05. The lowest BCUT2D eigenvalue weighted by atomic mass is 10.1. The number of carbonyl (C=O) groups is 3. The molecule has 1 aromatic heterocycles. The van der Waals surface area contributed by atoms with Gasteiger partial charge < -0.3 is 15.0 Å². The number of amides is 1. The molecular weight excluding hydrogens is 315 g/mol. The lowest BCUT2D eigenvalue weighted by Crippen LogP contribution is -2.30. The van der Waals surface area contributed by atoms with E-state index in [2.05, 4.69) is 10.3 Å². The minimum atomic E-state index is -0.712. The minimum Gasteiger partial charge on any atom is -0.451 e. The summed E-state index contributed by atoms with van der Waals surface area (Å²) in [6, 6.07) is 7.35. The molecule has 2 rings (SSSR count). The molecule has 2 N–H and O–H groups in total. The number of rotatable bonds is 7. The Bertz CT molecular complexity index is 737. The number of esters is 1. The maximum atomic E-state index is 12.8. The first-order valence-corrected chi connectivity index (χ1v) is 7.33. The molecule has 0 aliphatic heterocycles. The van der Waals surface area contributed by atoms with E-state index in [-0.39, 0.29) is 17.3 Å². The molecule has 2 aromatic rings. The molecule has 0 aliphatic carbocycles. The fourth-order valence-corrected chi connectivity index (χ4v) is 1.97. The number of Topliss-reactive ketones (excluding diaryl/α,β-unsaturated/α-hetero) is 1. The normalized spacial score (nSPS) is 10.2. The van der Waals surface area contributed by atoms with Gasteiger partial charge in [-0.3, -0.25) is 9.59 Å². The third kappa shape index (κ3) is 5.05. The van der Waals surface area contributed by atoms with Crippen molar-refractivity contribution in [3.63, 3.8) is 0 Å². The van der Waals surface area contributed by atoms with Crippen LogP contribution in [0.25, 0.3) is 0 Å². The van der Waals surface area contributed by atoms with Gasteiger partial charge >= 0.3 is 5.97 Å². The summed E-state index contributed by atoms with van der Waals surface area (Å²) >= 11 is 0. The van der Waals surface area contributed by atoms with Crippen LogP contribution in [0, 0.1) is 5.82 Å². The fourth-order valence-electron chi connectivity index (χ4n) is 1.97. The molecule has 0 spiro atoms. The summed E-state index contributed by atoms with van der Waals surface area (Å²) in [4.78, 5) is 37.1. The average molecular weight is 332 g/mol. The van der Waals surface area contributed by atoms with Crippen molar-refractivity contribution in [3.8, 4) is 0 Å². The molecule has 0 radical (unpaired) electrons. The van der Waals surface area contributed by atoms with Crippen molar-refractivity contribution in [2.75, 3.05) is 13.2 Å². The summed E-state index contributed by atoms with van der Waals surface area (Å²) in [5.74, 6) is -1.64. The Balaban J connectivity index is 1.71. The number of carbonyl (C=O) groups excluding carboxylic acids is 3. The van der Waals surface area contributed by atoms with Gasteiger partial charge in [-0.05, 0) is 37.1 Å². The Hall–Kier alpha value is -2.96. The molecule has 7 heteroatoms. The van der Waals surface area contributed by atoms with Gasteiger partial charge in [-0.15, -0.1) is 0 Å². The van der Waals surface area contributed by atoms with Gasteiger partial charge in [0.1, 0.15) is 11.5 Å². The van der Waals surface area contributed by atoms with Crippen LogP contribution in [-0.4, -0.2) is 35.8 Å². The largest absolute Gasteiger partial charge is 0.451 e. The molecule has 1 heterocycles. The van der Waals surface area contributed by atoms with Crippen molar-refractivity contribution in [1.82, 2.24) is 10.3 Å². The van der Waals surface area contributed by atoms with Crippen LogP contribution in [0.5, 0.6) is 0 Å². The van der Waals surface area contributed by atoms with E-state index in [9.17, 15) is 18.8 Å². The fraction of sp³-hybridized carbons (Fsp3) is 0.235. The molecule has 6 nitrogen and oxygen atoms in total. The molecular formula is C17H17FN2O4. The molecule has 126 valence electrons. The smallest absolute Gasteiger partial charge is 0.355 e. The van der Waals surface area contributed by atoms with Crippen LogP contribution in [0.3, 0.4) is 0 Å². The van der Waals surface area contributed by atoms with Crippen molar-refractivity contribution < 1.29 is 23.5 Å². The standard InChI is InChI=1S/C17H17FN2O4/c1-11(21)13-8-15(20-9-13)17(23)24-10-16(22)19-7-6-12-2-4-14(18)5-3-12/h2-5,8-9,20H,6-7,10H2,1H3,(H,19,22). The molecule has 0 aliphatic rings.